The van der Waals surface area contributed by atoms with E-state index >= 15 is 0 Å². The molecule has 0 saturated carbocycles. The molecule has 0 atom stereocenters. The Kier molecular flexibility index (Phi) is 5.78. The van der Waals surface area contributed by atoms with Crippen LogP contribution in [0.1, 0.15) is 22.6 Å². The first-order valence-corrected chi connectivity index (χ1v) is 7.04. The van der Waals surface area contributed by atoms with E-state index in [4.69, 9.17) is 14.0 Å². The van der Waals surface area contributed by atoms with E-state index in [9.17, 15) is 0 Å². The maximum absolute atomic E-state index is 5.93. The maximum Gasteiger partial charge on any atom is 0.140 e. The molecule has 0 aliphatic carbocycles. The second-order valence-electron chi connectivity index (χ2n) is 4.87. The summed E-state index contributed by atoms with van der Waals surface area (Å²) in [7, 11) is 1.70. The lowest BCUT2D eigenvalue weighted by molar-refractivity contribution is 0.199. The summed E-state index contributed by atoms with van der Waals surface area (Å²) in [5, 5.41) is 7.26. The quantitative estimate of drug-likeness (QED) is 0.757. The van der Waals surface area contributed by atoms with Crippen molar-refractivity contribution in [3.63, 3.8) is 0 Å². The molecule has 1 heterocycles. The molecular weight excluding hydrogens is 268 g/mol. The second-order valence-corrected chi connectivity index (χ2v) is 4.87. The second kappa shape index (κ2) is 7.81. The van der Waals surface area contributed by atoms with E-state index in [0.717, 1.165) is 41.4 Å². The first-order valence-electron chi connectivity index (χ1n) is 7.04. The van der Waals surface area contributed by atoms with Crippen LogP contribution in [-0.2, 0) is 17.9 Å². The van der Waals surface area contributed by atoms with Gasteiger partial charge in [-0.1, -0.05) is 23.4 Å². The lowest BCUT2D eigenvalue weighted by Crippen LogP contribution is -2.19. The summed E-state index contributed by atoms with van der Waals surface area (Å²) < 4.78 is 16.1. The number of benzene rings is 1. The molecule has 2 rings (SSSR count). The van der Waals surface area contributed by atoms with Crippen molar-refractivity contribution in [1.82, 2.24) is 10.5 Å². The Labute approximate surface area is 125 Å². The van der Waals surface area contributed by atoms with Gasteiger partial charge in [0, 0.05) is 25.8 Å². The summed E-state index contributed by atoms with van der Waals surface area (Å²) >= 11 is 0. The molecule has 0 aliphatic rings. The van der Waals surface area contributed by atoms with Crippen molar-refractivity contribution >= 4 is 0 Å². The summed E-state index contributed by atoms with van der Waals surface area (Å²) in [6.07, 6.45) is 0. The first kappa shape index (κ1) is 15.5. The van der Waals surface area contributed by atoms with Crippen LogP contribution in [0.4, 0.5) is 0 Å². The van der Waals surface area contributed by atoms with Crippen molar-refractivity contribution < 1.29 is 14.0 Å². The molecule has 5 heteroatoms. The lowest BCUT2D eigenvalue weighted by Gasteiger charge is -2.12. The van der Waals surface area contributed by atoms with Gasteiger partial charge in [0.2, 0.25) is 0 Å². The van der Waals surface area contributed by atoms with Gasteiger partial charge in [-0.05, 0) is 19.9 Å². The molecule has 2 aromatic rings. The van der Waals surface area contributed by atoms with E-state index in [1.165, 1.54) is 0 Å². The number of ether oxygens (including phenoxy) is 2. The Morgan fingerprint density at radius 3 is 2.76 bits per heavy atom. The summed E-state index contributed by atoms with van der Waals surface area (Å²) in [5.41, 5.74) is 3.01. The zero-order valence-corrected chi connectivity index (χ0v) is 12.8. The predicted molar refractivity (Wildman–Crippen MR) is 80.3 cm³/mol. The first-order chi connectivity index (χ1) is 10.2. The summed E-state index contributed by atoms with van der Waals surface area (Å²) in [4.78, 5) is 0. The van der Waals surface area contributed by atoms with E-state index in [1.54, 1.807) is 7.11 Å². The molecular formula is C16H22N2O3. The van der Waals surface area contributed by atoms with Crippen molar-refractivity contribution in [2.45, 2.75) is 27.0 Å². The summed E-state index contributed by atoms with van der Waals surface area (Å²) in [6, 6.07) is 8.02. The zero-order valence-electron chi connectivity index (χ0n) is 12.8. The Morgan fingerprint density at radius 2 is 2.05 bits per heavy atom. The summed E-state index contributed by atoms with van der Waals surface area (Å²) in [6.45, 7) is 6.55. The fourth-order valence-electron chi connectivity index (χ4n) is 2.05. The van der Waals surface area contributed by atoms with Gasteiger partial charge in [0.05, 0.1) is 17.9 Å². The molecule has 0 unspecified atom stereocenters. The van der Waals surface area contributed by atoms with Gasteiger partial charge in [-0.3, -0.25) is 0 Å². The molecule has 0 aliphatic heterocycles. The maximum atomic E-state index is 5.93. The number of para-hydroxylation sites is 1. The highest BCUT2D eigenvalue weighted by Crippen LogP contribution is 2.21. The number of rotatable bonds is 8. The van der Waals surface area contributed by atoms with Crippen LogP contribution in [-0.4, -0.2) is 25.4 Å². The summed E-state index contributed by atoms with van der Waals surface area (Å²) in [5.74, 6) is 1.69. The third-order valence-corrected chi connectivity index (χ3v) is 3.32. The Bertz CT molecular complexity index is 547. The number of nitrogens with zero attached hydrogens (tertiary/aromatic N) is 1. The average Bonchev–Trinajstić information content (AvgIpc) is 2.81. The monoisotopic (exact) mass is 290 g/mol. The molecule has 1 aromatic carbocycles. The fraction of sp³-hybridized carbons (Fsp3) is 0.438. The normalized spacial score (nSPS) is 10.8. The highest BCUT2D eigenvalue weighted by Gasteiger charge is 2.10. The minimum atomic E-state index is 0.469. The molecule has 114 valence electrons. The molecule has 1 aromatic heterocycles. The van der Waals surface area contributed by atoms with Gasteiger partial charge in [-0.15, -0.1) is 0 Å². The Hall–Kier alpha value is -1.85. The average molecular weight is 290 g/mol. The molecule has 0 amide bonds. The number of methoxy groups -OCH3 is 1. The van der Waals surface area contributed by atoms with Crippen molar-refractivity contribution in [2.24, 2.45) is 0 Å². The molecule has 0 saturated heterocycles. The minimum Gasteiger partial charge on any atom is -0.488 e. The largest absolute Gasteiger partial charge is 0.488 e. The molecule has 0 fully saturated rings. The molecule has 21 heavy (non-hydrogen) atoms. The van der Waals surface area contributed by atoms with Gasteiger partial charge < -0.3 is 19.3 Å². The fourth-order valence-corrected chi connectivity index (χ4v) is 2.05. The van der Waals surface area contributed by atoms with E-state index in [1.807, 2.05) is 32.0 Å². The van der Waals surface area contributed by atoms with E-state index < -0.39 is 0 Å². The third-order valence-electron chi connectivity index (χ3n) is 3.32. The third kappa shape index (κ3) is 4.31. The van der Waals surface area contributed by atoms with Crippen LogP contribution in [0.15, 0.2) is 28.8 Å². The van der Waals surface area contributed by atoms with Crippen molar-refractivity contribution in [3.05, 3.63) is 46.8 Å². The topological polar surface area (TPSA) is 56.5 Å². The van der Waals surface area contributed by atoms with Crippen molar-refractivity contribution in [2.75, 3.05) is 20.3 Å². The van der Waals surface area contributed by atoms with Crippen molar-refractivity contribution in [1.29, 1.82) is 0 Å². The van der Waals surface area contributed by atoms with Crippen LogP contribution in [0.3, 0.4) is 0 Å². The number of hydrogen-bond donors (Lipinski definition) is 1. The molecule has 0 bridgehead atoms. The highest BCUT2D eigenvalue weighted by molar-refractivity contribution is 5.33. The lowest BCUT2D eigenvalue weighted by atomic mass is 10.2. The highest BCUT2D eigenvalue weighted by atomic mass is 16.5. The zero-order chi connectivity index (χ0) is 15.1. The number of hydrogen-bond acceptors (Lipinski definition) is 5. The van der Waals surface area contributed by atoms with Crippen LogP contribution in [0.25, 0.3) is 0 Å². The Morgan fingerprint density at radius 1 is 1.24 bits per heavy atom. The molecule has 0 spiro atoms. The van der Waals surface area contributed by atoms with Crippen LogP contribution in [0.2, 0.25) is 0 Å². The van der Waals surface area contributed by atoms with Gasteiger partial charge in [0.1, 0.15) is 18.1 Å². The number of aromatic nitrogens is 1. The van der Waals surface area contributed by atoms with Gasteiger partial charge in [-0.25, -0.2) is 0 Å². The predicted octanol–water partition coefficient (Wildman–Crippen LogP) is 2.61. The smallest absolute Gasteiger partial charge is 0.140 e. The van der Waals surface area contributed by atoms with Crippen LogP contribution in [0.5, 0.6) is 5.75 Å². The molecule has 5 nitrogen and oxygen atoms in total. The van der Waals surface area contributed by atoms with Crippen molar-refractivity contribution in [3.8, 4) is 5.75 Å². The standard InChI is InChI=1S/C16H22N2O3/c1-12-15(13(2)21-18-12)11-20-16-7-5-4-6-14(16)10-17-8-9-19-3/h4-7,17H,8-11H2,1-3H3. The van der Waals surface area contributed by atoms with Crippen LogP contribution >= 0.6 is 0 Å². The number of nitrogens with one attached hydrogen (secondary N) is 1. The van der Waals surface area contributed by atoms with E-state index in [2.05, 4.69) is 16.5 Å². The Balaban J connectivity index is 1.96. The van der Waals surface area contributed by atoms with Gasteiger partial charge in [-0.2, -0.15) is 0 Å². The van der Waals surface area contributed by atoms with Gasteiger partial charge in [0.15, 0.2) is 0 Å². The minimum absolute atomic E-state index is 0.469. The SMILES string of the molecule is COCCNCc1ccccc1OCc1c(C)noc1C. The van der Waals surface area contributed by atoms with Crippen LogP contribution < -0.4 is 10.1 Å². The molecule has 1 N–H and O–H groups in total. The van der Waals surface area contributed by atoms with E-state index in [0.29, 0.717) is 13.2 Å². The number of aryl methyl sites for hydroxylation is 2. The van der Waals surface area contributed by atoms with Crippen LogP contribution in [0, 0.1) is 13.8 Å². The molecule has 0 radical (unpaired) electrons. The van der Waals surface area contributed by atoms with E-state index in [-0.39, 0.29) is 0 Å². The van der Waals surface area contributed by atoms with Gasteiger partial charge >= 0.3 is 0 Å². The van der Waals surface area contributed by atoms with Gasteiger partial charge in [0.25, 0.3) is 0 Å².